The second kappa shape index (κ2) is 4.85. The predicted molar refractivity (Wildman–Crippen MR) is 71.2 cm³/mol. The number of pyridine rings is 1. The molecule has 5 nitrogen and oxygen atoms in total. The molecule has 0 bridgehead atoms. The van der Waals surface area contributed by atoms with Gasteiger partial charge in [0.05, 0.1) is 0 Å². The fourth-order valence-electron chi connectivity index (χ4n) is 2.11. The Morgan fingerprint density at radius 2 is 2.30 bits per heavy atom. The van der Waals surface area contributed by atoms with Gasteiger partial charge in [-0.05, 0) is 24.6 Å². The SMILES string of the molecule is Cc1cnccc1Oc1ccc2c(c1)OC(C(=O)O)C2. The molecule has 3 rings (SSSR count). The molecule has 1 aliphatic rings. The number of hydrogen-bond donors (Lipinski definition) is 1. The van der Waals surface area contributed by atoms with Crippen LogP contribution < -0.4 is 9.47 Å². The summed E-state index contributed by atoms with van der Waals surface area (Å²) >= 11 is 0. The Bertz CT molecular complexity index is 669. The highest BCUT2D eigenvalue weighted by Gasteiger charge is 2.29. The first-order valence-corrected chi connectivity index (χ1v) is 6.24. The third kappa shape index (κ3) is 2.30. The molecule has 0 saturated heterocycles. The van der Waals surface area contributed by atoms with E-state index in [-0.39, 0.29) is 0 Å². The van der Waals surface area contributed by atoms with Crippen LogP contribution in [-0.2, 0) is 11.2 Å². The summed E-state index contributed by atoms with van der Waals surface area (Å²) in [6.07, 6.45) is 2.97. The van der Waals surface area contributed by atoms with Crippen LogP contribution in [0.3, 0.4) is 0 Å². The number of aromatic nitrogens is 1. The van der Waals surface area contributed by atoms with E-state index in [1.165, 1.54) is 0 Å². The number of benzene rings is 1. The molecule has 1 atom stereocenters. The van der Waals surface area contributed by atoms with Crippen molar-refractivity contribution < 1.29 is 19.4 Å². The van der Waals surface area contributed by atoms with Crippen molar-refractivity contribution in [3.8, 4) is 17.2 Å². The molecule has 0 aliphatic carbocycles. The number of hydrogen-bond acceptors (Lipinski definition) is 4. The Labute approximate surface area is 115 Å². The van der Waals surface area contributed by atoms with E-state index < -0.39 is 12.1 Å². The smallest absolute Gasteiger partial charge is 0.345 e. The topological polar surface area (TPSA) is 68.7 Å². The van der Waals surface area contributed by atoms with Crippen LogP contribution in [0.2, 0.25) is 0 Å². The van der Waals surface area contributed by atoms with Crippen molar-refractivity contribution in [2.45, 2.75) is 19.4 Å². The number of aliphatic carboxylic acids is 1. The van der Waals surface area contributed by atoms with Gasteiger partial charge in [0.25, 0.3) is 0 Å². The van der Waals surface area contributed by atoms with E-state index in [1.807, 2.05) is 19.1 Å². The Kier molecular flexibility index (Phi) is 3.02. The van der Waals surface area contributed by atoms with E-state index >= 15 is 0 Å². The fourth-order valence-corrected chi connectivity index (χ4v) is 2.11. The van der Waals surface area contributed by atoms with Crippen molar-refractivity contribution in [2.24, 2.45) is 0 Å². The summed E-state index contributed by atoms with van der Waals surface area (Å²) in [5, 5.41) is 8.96. The predicted octanol–water partition coefficient (Wildman–Crippen LogP) is 2.57. The molecule has 102 valence electrons. The van der Waals surface area contributed by atoms with Gasteiger partial charge >= 0.3 is 5.97 Å². The lowest BCUT2D eigenvalue weighted by Gasteiger charge is -2.09. The molecular formula is C15H13NO4. The van der Waals surface area contributed by atoms with Gasteiger partial charge in [-0.2, -0.15) is 0 Å². The molecule has 1 aromatic carbocycles. The second-order valence-electron chi connectivity index (χ2n) is 4.66. The number of fused-ring (bicyclic) bond motifs is 1. The lowest BCUT2D eigenvalue weighted by Crippen LogP contribution is -2.24. The Morgan fingerprint density at radius 1 is 1.45 bits per heavy atom. The molecule has 0 saturated carbocycles. The molecule has 0 fully saturated rings. The normalized spacial score (nSPS) is 16.4. The van der Waals surface area contributed by atoms with Gasteiger partial charge in [0, 0.05) is 30.4 Å². The molecule has 0 spiro atoms. The Morgan fingerprint density at radius 3 is 3.05 bits per heavy atom. The average Bonchev–Trinajstić information content (AvgIpc) is 2.85. The molecule has 1 unspecified atom stereocenters. The van der Waals surface area contributed by atoms with Crippen LogP contribution in [-0.4, -0.2) is 22.2 Å². The Balaban J connectivity index is 1.83. The minimum Gasteiger partial charge on any atom is -0.478 e. The molecule has 2 heterocycles. The summed E-state index contributed by atoms with van der Waals surface area (Å²) < 4.78 is 11.1. The van der Waals surface area contributed by atoms with Crippen molar-refractivity contribution in [3.63, 3.8) is 0 Å². The number of aryl methyl sites for hydroxylation is 1. The van der Waals surface area contributed by atoms with E-state index in [9.17, 15) is 4.79 Å². The first kappa shape index (κ1) is 12.5. The summed E-state index contributed by atoms with van der Waals surface area (Å²) in [6.45, 7) is 1.91. The van der Waals surface area contributed by atoms with Crippen LogP contribution in [0.1, 0.15) is 11.1 Å². The maximum absolute atomic E-state index is 10.9. The summed E-state index contributed by atoms with van der Waals surface area (Å²) in [4.78, 5) is 14.9. The van der Waals surface area contributed by atoms with Gasteiger partial charge in [0.2, 0.25) is 0 Å². The quantitative estimate of drug-likeness (QED) is 0.929. The number of carboxylic acid groups (broad SMARTS) is 1. The zero-order valence-corrected chi connectivity index (χ0v) is 10.9. The van der Waals surface area contributed by atoms with Crippen molar-refractivity contribution >= 4 is 5.97 Å². The Hall–Kier alpha value is -2.56. The van der Waals surface area contributed by atoms with Crippen molar-refractivity contribution in [1.29, 1.82) is 0 Å². The average molecular weight is 271 g/mol. The lowest BCUT2D eigenvalue weighted by atomic mass is 10.1. The molecule has 1 N–H and O–H groups in total. The van der Waals surface area contributed by atoms with Crippen LogP contribution in [0.4, 0.5) is 0 Å². The number of rotatable bonds is 3. The van der Waals surface area contributed by atoms with Gasteiger partial charge in [-0.1, -0.05) is 6.07 Å². The molecular weight excluding hydrogens is 258 g/mol. The maximum Gasteiger partial charge on any atom is 0.345 e. The van der Waals surface area contributed by atoms with Crippen LogP contribution >= 0.6 is 0 Å². The monoisotopic (exact) mass is 271 g/mol. The van der Waals surface area contributed by atoms with Crippen molar-refractivity contribution in [3.05, 3.63) is 47.8 Å². The summed E-state index contributed by atoms with van der Waals surface area (Å²) in [6, 6.07) is 7.15. The van der Waals surface area contributed by atoms with E-state index in [0.29, 0.717) is 23.7 Å². The van der Waals surface area contributed by atoms with E-state index in [2.05, 4.69) is 4.98 Å². The number of carboxylic acids is 1. The zero-order valence-electron chi connectivity index (χ0n) is 10.9. The molecule has 0 amide bonds. The van der Waals surface area contributed by atoms with Crippen molar-refractivity contribution in [2.75, 3.05) is 0 Å². The van der Waals surface area contributed by atoms with Crippen LogP contribution in [0.15, 0.2) is 36.7 Å². The lowest BCUT2D eigenvalue weighted by molar-refractivity contribution is -0.144. The highest BCUT2D eigenvalue weighted by atomic mass is 16.5. The first-order chi connectivity index (χ1) is 9.63. The van der Waals surface area contributed by atoms with E-state index in [4.69, 9.17) is 14.6 Å². The molecule has 2 aromatic rings. The van der Waals surface area contributed by atoms with E-state index in [0.717, 1.165) is 11.1 Å². The highest BCUT2D eigenvalue weighted by molar-refractivity contribution is 5.74. The first-order valence-electron chi connectivity index (χ1n) is 6.24. The third-order valence-electron chi connectivity index (χ3n) is 3.19. The summed E-state index contributed by atoms with van der Waals surface area (Å²) in [5.74, 6) is 0.951. The minimum absolute atomic E-state index is 0.388. The van der Waals surface area contributed by atoms with E-state index in [1.54, 1.807) is 24.5 Å². The van der Waals surface area contributed by atoms with Crippen LogP contribution in [0, 0.1) is 6.92 Å². The van der Waals surface area contributed by atoms with Crippen LogP contribution in [0.25, 0.3) is 0 Å². The highest BCUT2D eigenvalue weighted by Crippen LogP contribution is 2.34. The third-order valence-corrected chi connectivity index (χ3v) is 3.19. The number of ether oxygens (including phenoxy) is 2. The molecule has 1 aliphatic heterocycles. The van der Waals surface area contributed by atoms with Gasteiger partial charge in [-0.25, -0.2) is 4.79 Å². The fraction of sp³-hybridized carbons (Fsp3) is 0.200. The standard InChI is InChI=1S/C15H13NO4/c1-9-8-16-5-4-12(9)19-11-3-2-10-6-14(15(17)18)20-13(10)7-11/h2-5,7-8,14H,6H2,1H3,(H,17,18). The largest absolute Gasteiger partial charge is 0.478 e. The molecule has 5 heteroatoms. The molecule has 1 aromatic heterocycles. The van der Waals surface area contributed by atoms with Gasteiger partial charge in [0.15, 0.2) is 6.10 Å². The number of carbonyl (C=O) groups is 1. The summed E-state index contributed by atoms with van der Waals surface area (Å²) in [7, 11) is 0. The zero-order chi connectivity index (χ0) is 14.1. The van der Waals surface area contributed by atoms with Crippen molar-refractivity contribution in [1.82, 2.24) is 4.98 Å². The van der Waals surface area contributed by atoms with Crippen LogP contribution in [0.5, 0.6) is 17.2 Å². The number of nitrogens with zero attached hydrogens (tertiary/aromatic N) is 1. The summed E-state index contributed by atoms with van der Waals surface area (Å²) in [5.41, 5.74) is 1.81. The molecule has 20 heavy (non-hydrogen) atoms. The maximum atomic E-state index is 10.9. The van der Waals surface area contributed by atoms with Gasteiger partial charge in [0.1, 0.15) is 17.2 Å². The van der Waals surface area contributed by atoms with Gasteiger partial charge in [-0.15, -0.1) is 0 Å². The van der Waals surface area contributed by atoms with Gasteiger partial charge < -0.3 is 14.6 Å². The van der Waals surface area contributed by atoms with Gasteiger partial charge in [-0.3, -0.25) is 4.98 Å². The second-order valence-corrected chi connectivity index (χ2v) is 4.66. The minimum atomic E-state index is -0.950. The molecule has 0 radical (unpaired) electrons.